The molecule has 1 aromatic heterocycles. The second-order valence-electron chi connectivity index (χ2n) is 4.50. The lowest BCUT2D eigenvalue weighted by Crippen LogP contribution is -2.38. The molecule has 18 heavy (non-hydrogen) atoms. The molecule has 0 spiro atoms. The Bertz CT molecular complexity index is 422. The summed E-state index contributed by atoms with van der Waals surface area (Å²) in [5.74, 6) is -0.156. The van der Waals surface area contributed by atoms with Gasteiger partial charge in [0.2, 0.25) is 0 Å². The fourth-order valence-corrected chi connectivity index (χ4v) is 2.18. The number of pyridine rings is 1. The van der Waals surface area contributed by atoms with Gasteiger partial charge in [0.1, 0.15) is 5.69 Å². The first kappa shape index (κ1) is 12.8. The van der Waals surface area contributed by atoms with E-state index >= 15 is 0 Å². The molecular weight excluding hydrogens is 230 g/mol. The highest BCUT2D eigenvalue weighted by Crippen LogP contribution is 2.20. The van der Waals surface area contributed by atoms with Crippen LogP contribution in [0.15, 0.2) is 18.3 Å². The lowest BCUT2D eigenvalue weighted by atomic mass is 10.1. The van der Waals surface area contributed by atoms with Crippen molar-refractivity contribution in [2.45, 2.75) is 25.9 Å². The van der Waals surface area contributed by atoms with Crippen molar-refractivity contribution in [2.75, 3.05) is 24.5 Å². The fourth-order valence-electron chi connectivity index (χ4n) is 2.18. The van der Waals surface area contributed by atoms with Gasteiger partial charge < -0.3 is 15.3 Å². The highest BCUT2D eigenvalue weighted by molar-refractivity contribution is 5.93. The number of aromatic nitrogens is 1. The zero-order chi connectivity index (χ0) is 13.0. The summed E-state index contributed by atoms with van der Waals surface area (Å²) in [6.45, 7) is 4.00. The van der Waals surface area contributed by atoms with E-state index in [0.717, 1.165) is 25.1 Å². The van der Waals surface area contributed by atoms with Crippen LogP contribution in [0, 0.1) is 0 Å². The third-order valence-corrected chi connectivity index (χ3v) is 3.08. The van der Waals surface area contributed by atoms with Gasteiger partial charge >= 0.3 is 0 Å². The van der Waals surface area contributed by atoms with Crippen molar-refractivity contribution in [3.63, 3.8) is 0 Å². The van der Waals surface area contributed by atoms with Crippen LogP contribution < -0.4 is 10.2 Å². The number of carbonyl (C=O) groups excluding carboxylic acids is 1. The van der Waals surface area contributed by atoms with Gasteiger partial charge in [0, 0.05) is 31.5 Å². The van der Waals surface area contributed by atoms with Gasteiger partial charge in [-0.15, -0.1) is 0 Å². The molecule has 2 N–H and O–H groups in total. The number of hydrogen-bond acceptors (Lipinski definition) is 4. The molecule has 0 aromatic carbocycles. The van der Waals surface area contributed by atoms with Crippen molar-refractivity contribution in [2.24, 2.45) is 0 Å². The van der Waals surface area contributed by atoms with Crippen LogP contribution in [-0.4, -0.2) is 41.7 Å². The Hall–Kier alpha value is -1.62. The van der Waals surface area contributed by atoms with Crippen LogP contribution in [0.3, 0.4) is 0 Å². The second kappa shape index (κ2) is 5.82. The van der Waals surface area contributed by atoms with E-state index in [-0.39, 0.29) is 12.0 Å². The van der Waals surface area contributed by atoms with Crippen LogP contribution in [-0.2, 0) is 0 Å². The molecule has 5 nitrogen and oxygen atoms in total. The normalized spacial score (nSPS) is 19.7. The minimum absolute atomic E-state index is 0.156. The molecule has 0 aliphatic carbocycles. The van der Waals surface area contributed by atoms with Crippen LogP contribution in [0.5, 0.6) is 0 Å². The van der Waals surface area contributed by atoms with Crippen LogP contribution in [0.25, 0.3) is 0 Å². The molecule has 1 aromatic rings. The largest absolute Gasteiger partial charge is 0.391 e. The molecule has 0 radical (unpaired) electrons. The summed E-state index contributed by atoms with van der Waals surface area (Å²) in [7, 11) is 0. The molecule has 2 rings (SSSR count). The zero-order valence-electron chi connectivity index (χ0n) is 10.6. The van der Waals surface area contributed by atoms with Crippen molar-refractivity contribution < 1.29 is 9.90 Å². The molecule has 1 unspecified atom stereocenters. The van der Waals surface area contributed by atoms with Crippen LogP contribution in [0.4, 0.5) is 5.69 Å². The summed E-state index contributed by atoms with van der Waals surface area (Å²) in [6.07, 6.45) is 3.19. The summed E-state index contributed by atoms with van der Waals surface area (Å²) in [5.41, 5.74) is 1.37. The summed E-state index contributed by atoms with van der Waals surface area (Å²) in [4.78, 5) is 17.9. The van der Waals surface area contributed by atoms with E-state index in [2.05, 4.69) is 15.2 Å². The van der Waals surface area contributed by atoms with Gasteiger partial charge in [0.25, 0.3) is 5.91 Å². The highest BCUT2D eigenvalue weighted by atomic mass is 16.3. The number of anilines is 1. The number of hydrogen-bond donors (Lipinski definition) is 2. The molecule has 2 heterocycles. The van der Waals surface area contributed by atoms with Crippen molar-refractivity contribution in [1.82, 2.24) is 10.3 Å². The first-order valence-corrected chi connectivity index (χ1v) is 6.38. The van der Waals surface area contributed by atoms with Crippen LogP contribution >= 0.6 is 0 Å². The first-order valence-electron chi connectivity index (χ1n) is 6.38. The van der Waals surface area contributed by atoms with Crippen molar-refractivity contribution in [1.29, 1.82) is 0 Å². The van der Waals surface area contributed by atoms with Crippen molar-refractivity contribution in [3.8, 4) is 0 Å². The molecule has 0 bridgehead atoms. The smallest absolute Gasteiger partial charge is 0.269 e. The first-order chi connectivity index (χ1) is 8.70. The van der Waals surface area contributed by atoms with E-state index in [9.17, 15) is 9.90 Å². The van der Waals surface area contributed by atoms with E-state index in [1.165, 1.54) is 0 Å². The molecule has 1 amide bonds. The van der Waals surface area contributed by atoms with Gasteiger partial charge in [-0.05, 0) is 31.9 Å². The van der Waals surface area contributed by atoms with Crippen LogP contribution in [0.1, 0.15) is 30.3 Å². The van der Waals surface area contributed by atoms with Gasteiger partial charge in [-0.1, -0.05) is 0 Å². The Kier molecular flexibility index (Phi) is 4.15. The van der Waals surface area contributed by atoms with Gasteiger partial charge in [-0.3, -0.25) is 9.78 Å². The lowest BCUT2D eigenvalue weighted by molar-refractivity contribution is 0.0951. The number of aliphatic hydroxyl groups excluding tert-OH is 1. The van der Waals surface area contributed by atoms with E-state index < -0.39 is 0 Å². The maximum absolute atomic E-state index is 11.7. The number of nitrogens with zero attached hydrogens (tertiary/aromatic N) is 2. The Morgan fingerprint density at radius 1 is 1.67 bits per heavy atom. The summed E-state index contributed by atoms with van der Waals surface area (Å²) in [5, 5.41) is 12.4. The summed E-state index contributed by atoms with van der Waals surface area (Å²) < 4.78 is 0. The number of piperidine rings is 1. The van der Waals surface area contributed by atoms with Gasteiger partial charge in [-0.2, -0.15) is 0 Å². The topological polar surface area (TPSA) is 65.5 Å². The number of carbonyl (C=O) groups is 1. The molecule has 5 heteroatoms. The van der Waals surface area contributed by atoms with E-state index in [1.807, 2.05) is 13.0 Å². The third-order valence-electron chi connectivity index (χ3n) is 3.08. The summed E-state index contributed by atoms with van der Waals surface area (Å²) in [6, 6.07) is 3.66. The molecule has 1 aliphatic rings. The van der Waals surface area contributed by atoms with Gasteiger partial charge in [-0.25, -0.2) is 0 Å². The van der Waals surface area contributed by atoms with Crippen LogP contribution in [0.2, 0.25) is 0 Å². The number of β-amino-alcohol motifs (C(OH)–C–C–N with tert-alkyl or cyclic N) is 1. The Labute approximate surface area is 107 Å². The van der Waals surface area contributed by atoms with E-state index in [1.54, 1.807) is 12.3 Å². The number of aliphatic hydroxyl groups is 1. The minimum Gasteiger partial charge on any atom is -0.391 e. The molecule has 1 fully saturated rings. The molecule has 0 saturated carbocycles. The molecular formula is C13H19N3O2. The second-order valence-corrected chi connectivity index (χ2v) is 4.50. The maximum atomic E-state index is 11.7. The average molecular weight is 249 g/mol. The van der Waals surface area contributed by atoms with Gasteiger partial charge in [0.15, 0.2) is 0 Å². The predicted octanol–water partition coefficient (Wildman–Crippen LogP) is 0.792. The monoisotopic (exact) mass is 249 g/mol. The molecule has 1 saturated heterocycles. The number of amides is 1. The lowest BCUT2D eigenvalue weighted by Gasteiger charge is -2.32. The SMILES string of the molecule is CCNC(=O)c1cc(N2CCCC(O)C2)ccn1. The van der Waals surface area contributed by atoms with Crippen molar-refractivity contribution in [3.05, 3.63) is 24.0 Å². The quantitative estimate of drug-likeness (QED) is 0.831. The van der Waals surface area contributed by atoms with Gasteiger partial charge in [0.05, 0.1) is 6.10 Å². The highest BCUT2D eigenvalue weighted by Gasteiger charge is 2.18. The molecule has 1 aliphatic heterocycles. The molecule has 1 atom stereocenters. The predicted molar refractivity (Wildman–Crippen MR) is 69.7 cm³/mol. The molecule has 98 valence electrons. The Balaban J connectivity index is 2.13. The van der Waals surface area contributed by atoms with Crippen molar-refractivity contribution >= 4 is 11.6 Å². The number of rotatable bonds is 3. The summed E-state index contributed by atoms with van der Waals surface area (Å²) >= 11 is 0. The Morgan fingerprint density at radius 2 is 2.50 bits per heavy atom. The zero-order valence-corrected chi connectivity index (χ0v) is 10.6. The maximum Gasteiger partial charge on any atom is 0.269 e. The Morgan fingerprint density at radius 3 is 3.22 bits per heavy atom. The van der Waals surface area contributed by atoms with E-state index in [0.29, 0.717) is 18.8 Å². The van der Waals surface area contributed by atoms with E-state index in [4.69, 9.17) is 0 Å². The fraction of sp³-hybridized carbons (Fsp3) is 0.538. The average Bonchev–Trinajstić information content (AvgIpc) is 2.39. The number of nitrogens with one attached hydrogen (secondary N) is 1. The standard InChI is InChI=1S/C13H19N3O2/c1-2-14-13(18)12-8-10(5-6-15-12)16-7-3-4-11(17)9-16/h5-6,8,11,17H,2-4,7,9H2,1H3,(H,14,18). The third kappa shape index (κ3) is 2.98. The minimum atomic E-state index is -0.278.